The van der Waals surface area contributed by atoms with E-state index in [1.807, 2.05) is 13.0 Å². The first kappa shape index (κ1) is 15.0. The first-order chi connectivity index (χ1) is 8.49. The van der Waals surface area contributed by atoms with Crippen LogP contribution < -0.4 is 10.5 Å². The van der Waals surface area contributed by atoms with E-state index < -0.39 is 0 Å². The van der Waals surface area contributed by atoms with Gasteiger partial charge in [0, 0.05) is 6.04 Å². The minimum atomic E-state index is -0.294. The highest BCUT2D eigenvalue weighted by Gasteiger charge is 2.06. The van der Waals surface area contributed by atoms with Crippen LogP contribution in [0.3, 0.4) is 0 Å². The van der Waals surface area contributed by atoms with E-state index in [4.69, 9.17) is 10.5 Å². The normalized spacial score (nSPS) is 12.8. The fourth-order valence-electron chi connectivity index (χ4n) is 1.83. The molecule has 1 atom stereocenters. The van der Waals surface area contributed by atoms with E-state index in [0.717, 1.165) is 18.4 Å². The zero-order chi connectivity index (χ0) is 13.5. The van der Waals surface area contributed by atoms with Crippen LogP contribution in [0.4, 0.5) is 4.39 Å². The Kier molecular flexibility index (Phi) is 6.13. The molecule has 1 unspecified atom stereocenters. The molecule has 3 heteroatoms. The topological polar surface area (TPSA) is 35.2 Å². The Morgan fingerprint density at radius 2 is 2.00 bits per heavy atom. The summed E-state index contributed by atoms with van der Waals surface area (Å²) in [5.41, 5.74) is 6.60. The summed E-state index contributed by atoms with van der Waals surface area (Å²) in [4.78, 5) is 0. The van der Waals surface area contributed by atoms with Gasteiger partial charge in [0.05, 0.1) is 6.61 Å². The number of hydrogen-bond donors (Lipinski definition) is 1. The van der Waals surface area contributed by atoms with Crippen LogP contribution in [0.5, 0.6) is 5.75 Å². The molecule has 0 heterocycles. The molecule has 0 radical (unpaired) electrons. The zero-order valence-electron chi connectivity index (χ0n) is 11.6. The summed E-state index contributed by atoms with van der Waals surface area (Å²) in [5, 5.41) is 0. The number of rotatable bonds is 7. The lowest BCUT2D eigenvalue weighted by Gasteiger charge is -2.10. The van der Waals surface area contributed by atoms with Crippen LogP contribution in [0.25, 0.3) is 0 Å². The molecular formula is C15H24FNO. The predicted octanol–water partition coefficient (Wildman–Crippen LogP) is 3.53. The molecule has 0 bridgehead atoms. The Morgan fingerprint density at radius 1 is 1.28 bits per heavy atom. The van der Waals surface area contributed by atoms with Gasteiger partial charge in [0.25, 0.3) is 0 Å². The van der Waals surface area contributed by atoms with Crippen molar-refractivity contribution in [3.05, 3.63) is 29.6 Å². The standard InChI is InChI=1S/C15H24FNO/c1-11(2)5-4-8-18-15-7-6-13(9-12(3)17)10-14(15)16/h6-7,10-12H,4-5,8-9,17H2,1-3H3. The zero-order valence-corrected chi connectivity index (χ0v) is 11.6. The molecular weight excluding hydrogens is 229 g/mol. The first-order valence-electron chi connectivity index (χ1n) is 6.66. The lowest BCUT2D eigenvalue weighted by molar-refractivity contribution is 0.284. The average molecular weight is 253 g/mol. The van der Waals surface area contributed by atoms with Crippen molar-refractivity contribution in [2.45, 2.75) is 46.1 Å². The molecule has 0 amide bonds. The molecule has 0 fully saturated rings. The number of nitrogens with two attached hydrogens (primary N) is 1. The van der Waals surface area contributed by atoms with Crippen LogP contribution in [0, 0.1) is 11.7 Å². The summed E-state index contributed by atoms with van der Waals surface area (Å²) in [7, 11) is 0. The summed E-state index contributed by atoms with van der Waals surface area (Å²) >= 11 is 0. The van der Waals surface area contributed by atoms with Crippen molar-refractivity contribution in [3.63, 3.8) is 0 Å². The second-order valence-electron chi connectivity index (χ2n) is 5.33. The Morgan fingerprint density at radius 3 is 2.56 bits per heavy atom. The molecule has 0 saturated carbocycles. The SMILES string of the molecule is CC(C)CCCOc1ccc(CC(C)N)cc1F. The third-order valence-corrected chi connectivity index (χ3v) is 2.74. The van der Waals surface area contributed by atoms with Crippen LogP contribution in [-0.4, -0.2) is 12.6 Å². The average Bonchev–Trinajstić information content (AvgIpc) is 2.25. The molecule has 1 rings (SSSR count). The minimum Gasteiger partial charge on any atom is -0.491 e. The lowest BCUT2D eigenvalue weighted by atomic mass is 10.1. The molecule has 102 valence electrons. The van der Waals surface area contributed by atoms with Crippen molar-refractivity contribution in [2.75, 3.05) is 6.61 Å². The molecule has 1 aromatic rings. The summed E-state index contributed by atoms with van der Waals surface area (Å²) < 4.78 is 19.2. The maximum Gasteiger partial charge on any atom is 0.165 e. The molecule has 0 spiro atoms. The maximum atomic E-state index is 13.7. The van der Waals surface area contributed by atoms with Crippen molar-refractivity contribution in [3.8, 4) is 5.75 Å². The van der Waals surface area contributed by atoms with Crippen molar-refractivity contribution < 1.29 is 9.13 Å². The van der Waals surface area contributed by atoms with Gasteiger partial charge in [-0.15, -0.1) is 0 Å². The molecule has 0 saturated heterocycles. The predicted molar refractivity (Wildman–Crippen MR) is 73.3 cm³/mol. The monoisotopic (exact) mass is 253 g/mol. The van der Waals surface area contributed by atoms with Crippen molar-refractivity contribution in [1.29, 1.82) is 0 Å². The van der Waals surface area contributed by atoms with E-state index in [2.05, 4.69) is 13.8 Å². The van der Waals surface area contributed by atoms with Gasteiger partial charge in [0.2, 0.25) is 0 Å². The number of hydrogen-bond acceptors (Lipinski definition) is 2. The van der Waals surface area contributed by atoms with Gasteiger partial charge in [-0.1, -0.05) is 19.9 Å². The van der Waals surface area contributed by atoms with Gasteiger partial charge in [-0.25, -0.2) is 4.39 Å². The van der Waals surface area contributed by atoms with Gasteiger partial charge in [-0.05, 0) is 49.8 Å². The molecule has 0 aliphatic heterocycles. The number of ether oxygens (including phenoxy) is 1. The molecule has 0 aromatic heterocycles. The highest BCUT2D eigenvalue weighted by atomic mass is 19.1. The maximum absolute atomic E-state index is 13.7. The third-order valence-electron chi connectivity index (χ3n) is 2.74. The van der Waals surface area contributed by atoms with Crippen LogP contribution >= 0.6 is 0 Å². The summed E-state index contributed by atoms with van der Waals surface area (Å²) in [5.74, 6) is 0.705. The Bertz CT molecular complexity index is 364. The summed E-state index contributed by atoms with van der Waals surface area (Å²) in [6.45, 7) is 6.82. The molecule has 2 nitrogen and oxygen atoms in total. The number of benzene rings is 1. The van der Waals surface area contributed by atoms with E-state index in [1.54, 1.807) is 6.07 Å². The summed E-state index contributed by atoms with van der Waals surface area (Å²) in [6.07, 6.45) is 2.74. The highest BCUT2D eigenvalue weighted by Crippen LogP contribution is 2.19. The van der Waals surface area contributed by atoms with E-state index in [1.165, 1.54) is 6.07 Å². The van der Waals surface area contributed by atoms with E-state index >= 15 is 0 Å². The van der Waals surface area contributed by atoms with Crippen molar-refractivity contribution in [1.82, 2.24) is 0 Å². The molecule has 2 N–H and O–H groups in total. The Hall–Kier alpha value is -1.09. The molecule has 0 aliphatic carbocycles. The van der Waals surface area contributed by atoms with Gasteiger partial charge in [0.1, 0.15) is 0 Å². The van der Waals surface area contributed by atoms with Gasteiger partial charge in [-0.3, -0.25) is 0 Å². The second kappa shape index (κ2) is 7.37. The van der Waals surface area contributed by atoms with Crippen LogP contribution in [0.1, 0.15) is 39.2 Å². The lowest BCUT2D eigenvalue weighted by Crippen LogP contribution is -2.17. The van der Waals surface area contributed by atoms with Gasteiger partial charge in [-0.2, -0.15) is 0 Å². The largest absolute Gasteiger partial charge is 0.491 e. The van der Waals surface area contributed by atoms with E-state index in [0.29, 0.717) is 24.7 Å². The van der Waals surface area contributed by atoms with E-state index in [9.17, 15) is 4.39 Å². The number of halogens is 1. The Labute approximate surface area is 109 Å². The summed E-state index contributed by atoms with van der Waals surface area (Å²) in [6, 6.07) is 5.13. The van der Waals surface area contributed by atoms with Crippen molar-refractivity contribution >= 4 is 0 Å². The first-order valence-corrected chi connectivity index (χ1v) is 6.66. The molecule has 0 aliphatic rings. The van der Waals surface area contributed by atoms with Crippen LogP contribution in [0.15, 0.2) is 18.2 Å². The van der Waals surface area contributed by atoms with Crippen molar-refractivity contribution in [2.24, 2.45) is 11.7 Å². The molecule has 18 heavy (non-hydrogen) atoms. The van der Waals surface area contributed by atoms with Gasteiger partial charge < -0.3 is 10.5 Å². The minimum absolute atomic E-state index is 0.0437. The second-order valence-corrected chi connectivity index (χ2v) is 5.33. The fourth-order valence-corrected chi connectivity index (χ4v) is 1.83. The van der Waals surface area contributed by atoms with Gasteiger partial charge >= 0.3 is 0 Å². The smallest absolute Gasteiger partial charge is 0.165 e. The Balaban J connectivity index is 2.47. The third kappa shape index (κ3) is 5.50. The van der Waals surface area contributed by atoms with Gasteiger partial charge in [0.15, 0.2) is 11.6 Å². The van der Waals surface area contributed by atoms with Crippen LogP contribution in [-0.2, 0) is 6.42 Å². The quantitative estimate of drug-likeness (QED) is 0.754. The van der Waals surface area contributed by atoms with E-state index in [-0.39, 0.29) is 11.9 Å². The molecule has 1 aromatic carbocycles. The fraction of sp³-hybridized carbons (Fsp3) is 0.600. The highest BCUT2D eigenvalue weighted by molar-refractivity contribution is 5.29. The van der Waals surface area contributed by atoms with Crippen LogP contribution in [0.2, 0.25) is 0 Å².